The number of pyridine rings is 1. The van der Waals surface area contributed by atoms with E-state index in [1.165, 1.54) is 10.6 Å². The summed E-state index contributed by atoms with van der Waals surface area (Å²) in [5.41, 5.74) is 2.52. The maximum absolute atomic E-state index is 14.1. The first kappa shape index (κ1) is 23.1. The lowest BCUT2D eigenvalue weighted by atomic mass is 10.1. The van der Waals surface area contributed by atoms with E-state index >= 15 is 0 Å². The Morgan fingerprint density at radius 3 is 2.49 bits per heavy atom. The van der Waals surface area contributed by atoms with Gasteiger partial charge in [-0.3, -0.25) is 14.5 Å². The summed E-state index contributed by atoms with van der Waals surface area (Å²) in [5, 5.41) is 4.65. The van der Waals surface area contributed by atoms with Gasteiger partial charge in [-0.15, -0.1) is 0 Å². The predicted molar refractivity (Wildman–Crippen MR) is 138 cm³/mol. The lowest BCUT2D eigenvalue weighted by Crippen LogP contribution is -2.47. The van der Waals surface area contributed by atoms with Crippen LogP contribution >= 0.6 is 0 Å². The van der Waals surface area contributed by atoms with Crippen molar-refractivity contribution in [3.05, 3.63) is 76.5 Å². The number of nitrogens with zero attached hydrogens (tertiary/aromatic N) is 4. The molecule has 0 saturated carbocycles. The Labute approximate surface area is 203 Å². The number of fused-ring (bicyclic) bond motifs is 3. The second-order valence-corrected chi connectivity index (χ2v) is 9.15. The molecule has 0 aliphatic carbocycles. The Morgan fingerprint density at radius 1 is 1.00 bits per heavy atom. The minimum Gasteiger partial charge on any atom is -0.367 e. The topological polar surface area (TPSA) is 62.5 Å². The molecule has 1 N–H and O–H groups in total. The summed E-state index contributed by atoms with van der Waals surface area (Å²) >= 11 is 0. The number of carbonyl (C=O) groups is 1. The van der Waals surface area contributed by atoms with Crippen molar-refractivity contribution in [2.45, 2.75) is 6.42 Å². The van der Waals surface area contributed by atoms with Crippen molar-refractivity contribution in [1.29, 1.82) is 0 Å². The van der Waals surface area contributed by atoms with E-state index in [1.54, 1.807) is 19.3 Å². The van der Waals surface area contributed by atoms with Gasteiger partial charge in [0.25, 0.3) is 11.5 Å². The lowest BCUT2D eigenvalue weighted by molar-refractivity contribution is 0.0952. The molecule has 2 aromatic heterocycles. The fourth-order valence-corrected chi connectivity index (χ4v) is 5.09. The molecule has 4 aromatic rings. The van der Waals surface area contributed by atoms with Crippen LogP contribution in [-0.2, 0) is 14.1 Å². The quantitative estimate of drug-likeness (QED) is 0.436. The van der Waals surface area contributed by atoms with Gasteiger partial charge in [0.2, 0.25) is 0 Å². The molecule has 1 amide bonds. The van der Waals surface area contributed by atoms with Crippen LogP contribution in [0.3, 0.4) is 0 Å². The summed E-state index contributed by atoms with van der Waals surface area (Å²) in [4.78, 5) is 30.4. The van der Waals surface area contributed by atoms with Gasteiger partial charge in [0.1, 0.15) is 11.3 Å². The highest BCUT2D eigenvalue weighted by Crippen LogP contribution is 2.28. The molecule has 7 nitrogen and oxygen atoms in total. The fraction of sp³-hybridized carbons (Fsp3) is 0.333. The number of piperazine rings is 1. The lowest BCUT2D eigenvalue weighted by Gasteiger charge is -2.36. The van der Waals surface area contributed by atoms with Crippen LogP contribution in [-0.4, -0.2) is 59.2 Å². The van der Waals surface area contributed by atoms with E-state index in [1.807, 2.05) is 48.0 Å². The van der Waals surface area contributed by atoms with Crippen molar-refractivity contribution in [2.75, 3.05) is 44.2 Å². The van der Waals surface area contributed by atoms with E-state index in [-0.39, 0.29) is 17.3 Å². The number of carbonyl (C=O) groups excluding carboxylic acids is 1. The molecule has 3 heterocycles. The Morgan fingerprint density at radius 2 is 1.71 bits per heavy atom. The maximum Gasteiger partial charge on any atom is 0.274 e. The smallest absolute Gasteiger partial charge is 0.274 e. The molecule has 1 saturated heterocycles. The van der Waals surface area contributed by atoms with E-state index in [2.05, 4.69) is 15.1 Å². The highest BCUT2D eigenvalue weighted by molar-refractivity contribution is 6.17. The zero-order valence-electron chi connectivity index (χ0n) is 20.1. The van der Waals surface area contributed by atoms with E-state index in [4.69, 9.17) is 0 Å². The van der Waals surface area contributed by atoms with Crippen LogP contribution in [0.1, 0.15) is 16.8 Å². The molecule has 0 unspecified atom stereocenters. The van der Waals surface area contributed by atoms with Crippen LogP contribution in [0.4, 0.5) is 10.1 Å². The monoisotopic (exact) mass is 475 g/mol. The average Bonchev–Trinajstić information content (AvgIpc) is 3.17. The van der Waals surface area contributed by atoms with Crippen molar-refractivity contribution < 1.29 is 9.18 Å². The number of rotatable bonds is 6. The molecular weight excluding hydrogens is 445 g/mol. The molecule has 8 heteroatoms. The fourth-order valence-electron chi connectivity index (χ4n) is 5.09. The molecule has 182 valence electrons. The van der Waals surface area contributed by atoms with Crippen molar-refractivity contribution in [3.8, 4) is 0 Å². The van der Waals surface area contributed by atoms with Gasteiger partial charge in [0, 0.05) is 69.3 Å². The molecule has 1 aliphatic rings. The van der Waals surface area contributed by atoms with Crippen LogP contribution in [0.25, 0.3) is 21.8 Å². The van der Waals surface area contributed by atoms with Gasteiger partial charge >= 0.3 is 0 Å². The summed E-state index contributed by atoms with van der Waals surface area (Å²) in [6.07, 6.45) is 2.45. The largest absolute Gasteiger partial charge is 0.367 e. The van der Waals surface area contributed by atoms with Crippen molar-refractivity contribution >= 4 is 33.4 Å². The van der Waals surface area contributed by atoms with Gasteiger partial charge in [0.15, 0.2) is 0 Å². The molecule has 0 radical (unpaired) electrons. The minimum absolute atomic E-state index is 0.121. The number of benzene rings is 2. The zero-order chi connectivity index (χ0) is 24.5. The number of hydrogen-bond acceptors (Lipinski definition) is 4. The van der Waals surface area contributed by atoms with Crippen LogP contribution in [0.15, 0.2) is 59.5 Å². The number of halogens is 1. The number of nitrogens with one attached hydrogen (secondary N) is 1. The number of hydrogen-bond donors (Lipinski definition) is 1. The average molecular weight is 476 g/mol. The summed E-state index contributed by atoms with van der Waals surface area (Å²) in [6, 6.07) is 14.7. The molecule has 0 bridgehead atoms. The maximum atomic E-state index is 14.1. The number of para-hydroxylation sites is 2. The van der Waals surface area contributed by atoms with E-state index < -0.39 is 0 Å². The van der Waals surface area contributed by atoms with Gasteiger partial charge in [0.05, 0.1) is 11.3 Å². The summed E-state index contributed by atoms with van der Waals surface area (Å²) < 4.78 is 17.4. The number of anilines is 1. The molecule has 35 heavy (non-hydrogen) atoms. The molecule has 1 fully saturated rings. The summed E-state index contributed by atoms with van der Waals surface area (Å²) in [5.74, 6) is -0.353. The van der Waals surface area contributed by atoms with Gasteiger partial charge in [-0.25, -0.2) is 4.39 Å². The molecule has 0 atom stereocenters. The molecule has 2 aromatic carbocycles. The molecular formula is C27H30FN5O2. The standard InChI is InChI=1S/C27H30FN5O2/c1-30-18-20(24-19-8-3-5-10-22(19)31(2)25(24)27(30)35)26(34)29-12-7-13-32-14-16-33(17-15-32)23-11-6-4-9-21(23)28/h3-6,8-11,18H,7,12-17H2,1-2H3,(H,29,34). The molecule has 1 aliphatic heterocycles. The normalized spacial score (nSPS) is 14.7. The number of amides is 1. The predicted octanol–water partition coefficient (Wildman–Crippen LogP) is 3.11. The van der Waals surface area contributed by atoms with Crippen molar-refractivity contribution in [3.63, 3.8) is 0 Å². The third kappa shape index (κ3) is 4.30. The van der Waals surface area contributed by atoms with E-state index in [9.17, 15) is 14.0 Å². The van der Waals surface area contributed by atoms with Crippen LogP contribution in [0.2, 0.25) is 0 Å². The minimum atomic E-state index is -0.178. The zero-order valence-corrected chi connectivity index (χ0v) is 20.1. The van der Waals surface area contributed by atoms with E-state index in [0.717, 1.165) is 50.0 Å². The third-order valence-corrected chi connectivity index (χ3v) is 6.97. The van der Waals surface area contributed by atoms with Gasteiger partial charge < -0.3 is 19.4 Å². The first-order chi connectivity index (χ1) is 17.0. The van der Waals surface area contributed by atoms with Crippen LogP contribution < -0.4 is 15.8 Å². The second kappa shape index (κ2) is 9.54. The van der Waals surface area contributed by atoms with Gasteiger partial charge in [-0.05, 0) is 31.2 Å². The van der Waals surface area contributed by atoms with Gasteiger partial charge in [-0.2, -0.15) is 0 Å². The highest BCUT2D eigenvalue weighted by atomic mass is 19.1. The highest BCUT2D eigenvalue weighted by Gasteiger charge is 2.21. The Bertz CT molecular complexity index is 1450. The summed E-state index contributed by atoms with van der Waals surface area (Å²) in [6.45, 7) is 4.69. The second-order valence-electron chi connectivity index (χ2n) is 9.15. The van der Waals surface area contributed by atoms with Crippen molar-refractivity contribution in [2.24, 2.45) is 14.1 Å². The van der Waals surface area contributed by atoms with Crippen molar-refractivity contribution in [1.82, 2.24) is 19.4 Å². The third-order valence-electron chi connectivity index (χ3n) is 6.97. The molecule has 5 rings (SSSR count). The molecule has 0 spiro atoms. The van der Waals surface area contributed by atoms with Crippen LogP contribution in [0, 0.1) is 5.82 Å². The Hall–Kier alpha value is -3.65. The Balaban J connectivity index is 1.21. The SMILES string of the molecule is Cn1cc(C(=O)NCCCN2CCN(c3ccccc3F)CC2)c2c3ccccc3n(C)c2c1=O. The van der Waals surface area contributed by atoms with E-state index in [0.29, 0.717) is 28.7 Å². The first-order valence-electron chi connectivity index (χ1n) is 12.0. The number of aryl methyl sites for hydroxylation is 2. The van der Waals surface area contributed by atoms with Gasteiger partial charge in [-0.1, -0.05) is 30.3 Å². The van der Waals surface area contributed by atoms with Crippen LogP contribution in [0.5, 0.6) is 0 Å². The Kier molecular flexibility index (Phi) is 6.30. The summed E-state index contributed by atoms with van der Waals surface area (Å²) in [7, 11) is 3.54. The number of aromatic nitrogens is 2. The first-order valence-corrected chi connectivity index (χ1v) is 12.0.